The zero-order valence-electron chi connectivity index (χ0n) is 12.5. The molecule has 0 aromatic carbocycles. The second-order valence-corrected chi connectivity index (χ2v) is 7.62. The molecule has 1 N–H and O–H groups in total. The maximum absolute atomic E-state index is 12.7. The molecule has 21 heavy (non-hydrogen) atoms. The van der Waals surface area contributed by atoms with Gasteiger partial charge in [0.05, 0.1) is 12.2 Å². The molecule has 1 aromatic heterocycles. The smallest absolute Gasteiger partial charge is 0.380 e. The molecule has 1 aromatic rings. The lowest BCUT2D eigenvalue weighted by Gasteiger charge is -2.38. The van der Waals surface area contributed by atoms with Gasteiger partial charge in [0.2, 0.25) is 0 Å². The summed E-state index contributed by atoms with van der Waals surface area (Å²) < 4.78 is 38.2. The predicted octanol–water partition coefficient (Wildman–Crippen LogP) is 3.33. The standard InChI is InChI=1S/C14H21F3N2OS/c1-12(2,3)10-9-21-11(18-10)8-19-6-4-13(20,5-7-19)14(15,16)17/h9,20H,4-8H2,1-3H3. The van der Waals surface area contributed by atoms with Gasteiger partial charge in [-0.25, -0.2) is 4.98 Å². The molecule has 2 rings (SSSR count). The normalized spacial score (nSPS) is 20.7. The quantitative estimate of drug-likeness (QED) is 0.907. The molecule has 0 bridgehead atoms. The Morgan fingerprint density at radius 2 is 1.86 bits per heavy atom. The van der Waals surface area contributed by atoms with Gasteiger partial charge in [-0.1, -0.05) is 20.8 Å². The summed E-state index contributed by atoms with van der Waals surface area (Å²) in [6, 6.07) is 0. The third-order valence-corrected chi connectivity index (χ3v) is 4.72. The Balaban J connectivity index is 1.94. The van der Waals surface area contributed by atoms with Crippen LogP contribution in [-0.2, 0) is 12.0 Å². The monoisotopic (exact) mass is 322 g/mol. The van der Waals surface area contributed by atoms with Crippen LogP contribution in [0.1, 0.15) is 44.3 Å². The highest BCUT2D eigenvalue weighted by atomic mass is 32.1. The molecule has 0 unspecified atom stereocenters. The van der Waals surface area contributed by atoms with E-state index in [0.29, 0.717) is 6.54 Å². The molecular formula is C14H21F3N2OS. The van der Waals surface area contributed by atoms with Crippen molar-refractivity contribution in [2.24, 2.45) is 0 Å². The largest absolute Gasteiger partial charge is 0.417 e. The predicted molar refractivity (Wildman–Crippen MR) is 76.3 cm³/mol. The summed E-state index contributed by atoms with van der Waals surface area (Å²) in [7, 11) is 0. The van der Waals surface area contributed by atoms with Gasteiger partial charge in [-0.15, -0.1) is 11.3 Å². The van der Waals surface area contributed by atoms with Gasteiger partial charge in [-0.3, -0.25) is 4.90 Å². The number of aliphatic hydroxyl groups is 1. The first-order valence-electron chi connectivity index (χ1n) is 6.98. The molecule has 1 fully saturated rings. The average Bonchev–Trinajstić information content (AvgIpc) is 2.79. The van der Waals surface area contributed by atoms with Crippen molar-refractivity contribution in [2.75, 3.05) is 13.1 Å². The van der Waals surface area contributed by atoms with Gasteiger partial charge in [-0.2, -0.15) is 13.2 Å². The maximum Gasteiger partial charge on any atom is 0.417 e. The Morgan fingerprint density at radius 3 is 2.29 bits per heavy atom. The topological polar surface area (TPSA) is 36.4 Å². The lowest BCUT2D eigenvalue weighted by atomic mass is 9.91. The highest BCUT2D eigenvalue weighted by molar-refractivity contribution is 7.09. The summed E-state index contributed by atoms with van der Waals surface area (Å²) in [6.45, 7) is 7.26. The molecule has 3 nitrogen and oxygen atoms in total. The van der Waals surface area contributed by atoms with Crippen LogP contribution in [0.2, 0.25) is 0 Å². The first-order valence-corrected chi connectivity index (χ1v) is 7.86. The number of halogens is 3. The lowest BCUT2D eigenvalue weighted by molar-refractivity contribution is -0.272. The molecule has 7 heteroatoms. The summed E-state index contributed by atoms with van der Waals surface area (Å²) in [5, 5.41) is 12.6. The van der Waals surface area contributed by atoms with Crippen molar-refractivity contribution in [3.05, 3.63) is 16.1 Å². The summed E-state index contributed by atoms with van der Waals surface area (Å²) in [5.74, 6) is 0. The minimum atomic E-state index is -4.54. The summed E-state index contributed by atoms with van der Waals surface area (Å²) in [6.07, 6.45) is -5.08. The van der Waals surface area contributed by atoms with Gasteiger partial charge in [0.15, 0.2) is 5.60 Å². The highest BCUT2D eigenvalue weighted by Crippen LogP contribution is 2.38. The maximum atomic E-state index is 12.7. The number of likely N-dealkylation sites (tertiary alicyclic amines) is 1. The number of piperidine rings is 1. The van der Waals surface area contributed by atoms with Gasteiger partial charge < -0.3 is 5.11 Å². The van der Waals surface area contributed by atoms with Crippen LogP contribution in [0, 0.1) is 0 Å². The van der Waals surface area contributed by atoms with E-state index in [1.54, 1.807) is 0 Å². The Hall–Kier alpha value is -0.660. The van der Waals surface area contributed by atoms with Crippen LogP contribution >= 0.6 is 11.3 Å². The van der Waals surface area contributed by atoms with Crippen molar-refractivity contribution in [2.45, 2.75) is 57.3 Å². The van der Waals surface area contributed by atoms with Crippen molar-refractivity contribution in [1.29, 1.82) is 0 Å². The third-order valence-electron chi connectivity index (χ3n) is 3.89. The number of alkyl halides is 3. The average molecular weight is 322 g/mol. The molecule has 1 aliphatic rings. The summed E-state index contributed by atoms with van der Waals surface area (Å²) in [5.41, 5.74) is -1.54. The van der Waals surface area contributed by atoms with Crippen molar-refractivity contribution in [1.82, 2.24) is 9.88 Å². The highest BCUT2D eigenvalue weighted by Gasteiger charge is 2.54. The summed E-state index contributed by atoms with van der Waals surface area (Å²) in [4.78, 5) is 6.47. The number of nitrogens with zero attached hydrogens (tertiary/aromatic N) is 2. The first-order chi connectivity index (χ1) is 9.51. The second kappa shape index (κ2) is 5.52. The van der Waals surface area contributed by atoms with E-state index in [1.807, 2.05) is 10.3 Å². The molecule has 1 aliphatic heterocycles. The van der Waals surface area contributed by atoms with E-state index < -0.39 is 11.8 Å². The Kier molecular flexibility index (Phi) is 4.39. The minimum Gasteiger partial charge on any atom is -0.380 e. The molecule has 0 spiro atoms. The number of rotatable bonds is 2. The molecule has 0 atom stereocenters. The molecule has 1 saturated heterocycles. The Labute approximate surface area is 126 Å². The van der Waals surface area contributed by atoms with E-state index in [2.05, 4.69) is 25.8 Å². The zero-order chi connectivity index (χ0) is 15.9. The second-order valence-electron chi connectivity index (χ2n) is 6.68. The van der Waals surface area contributed by atoms with E-state index in [0.717, 1.165) is 10.7 Å². The van der Waals surface area contributed by atoms with E-state index >= 15 is 0 Å². The zero-order valence-corrected chi connectivity index (χ0v) is 13.3. The van der Waals surface area contributed by atoms with E-state index in [4.69, 9.17) is 0 Å². The molecule has 0 amide bonds. The lowest BCUT2D eigenvalue weighted by Crippen LogP contribution is -2.53. The van der Waals surface area contributed by atoms with E-state index in [1.165, 1.54) is 11.3 Å². The fraction of sp³-hybridized carbons (Fsp3) is 0.786. The third kappa shape index (κ3) is 3.76. The fourth-order valence-corrected chi connectivity index (χ4v) is 3.35. The fourth-order valence-electron chi connectivity index (χ4n) is 2.28. The first kappa shape index (κ1) is 16.7. The van der Waals surface area contributed by atoms with E-state index in [-0.39, 0.29) is 31.3 Å². The van der Waals surface area contributed by atoms with Gasteiger partial charge >= 0.3 is 6.18 Å². The minimum absolute atomic E-state index is 0.0206. The van der Waals surface area contributed by atoms with Gasteiger partial charge in [0.25, 0.3) is 0 Å². The molecule has 0 aliphatic carbocycles. The molecule has 0 radical (unpaired) electrons. The van der Waals surface area contributed by atoms with Crippen molar-refractivity contribution >= 4 is 11.3 Å². The van der Waals surface area contributed by atoms with Crippen molar-refractivity contribution < 1.29 is 18.3 Å². The summed E-state index contributed by atoms with van der Waals surface area (Å²) >= 11 is 1.54. The van der Waals surface area contributed by atoms with Crippen LogP contribution in [0.3, 0.4) is 0 Å². The number of hydrogen-bond acceptors (Lipinski definition) is 4. The number of aromatic nitrogens is 1. The number of thiazole rings is 1. The van der Waals surface area contributed by atoms with Gasteiger partial charge in [0, 0.05) is 23.9 Å². The van der Waals surface area contributed by atoms with Crippen molar-refractivity contribution in [3.8, 4) is 0 Å². The van der Waals surface area contributed by atoms with Crippen LogP contribution in [0.5, 0.6) is 0 Å². The van der Waals surface area contributed by atoms with Gasteiger partial charge in [0.1, 0.15) is 5.01 Å². The Morgan fingerprint density at radius 1 is 1.29 bits per heavy atom. The Bertz CT molecular complexity index is 485. The molecular weight excluding hydrogens is 301 g/mol. The van der Waals surface area contributed by atoms with Gasteiger partial charge in [-0.05, 0) is 12.8 Å². The molecule has 120 valence electrons. The van der Waals surface area contributed by atoms with E-state index in [9.17, 15) is 18.3 Å². The molecule has 0 saturated carbocycles. The number of hydrogen-bond donors (Lipinski definition) is 1. The van der Waals surface area contributed by atoms with Crippen LogP contribution in [0.25, 0.3) is 0 Å². The van der Waals surface area contributed by atoms with Crippen LogP contribution in [0.15, 0.2) is 5.38 Å². The SMILES string of the molecule is CC(C)(C)c1csc(CN2CCC(O)(C(F)(F)F)CC2)n1. The molecule has 2 heterocycles. The van der Waals surface area contributed by atoms with Crippen LogP contribution in [0.4, 0.5) is 13.2 Å². The van der Waals surface area contributed by atoms with Crippen LogP contribution in [-0.4, -0.2) is 39.9 Å². The van der Waals surface area contributed by atoms with Crippen molar-refractivity contribution in [3.63, 3.8) is 0 Å². The van der Waals surface area contributed by atoms with Crippen LogP contribution < -0.4 is 0 Å².